The summed E-state index contributed by atoms with van der Waals surface area (Å²) >= 11 is 5.92. The second kappa shape index (κ2) is 5.78. The van der Waals surface area contributed by atoms with Crippen molar-refractivity contribution in [2.45, 2.75) is 31.5 Å². The summed E-state index contributed by atoms with van der Waals surface area (Å²) in [6.45, 7) is 0.421. The molecule has 1 aromatic rings. The number of rotatable bonds is 4. The minimum absolute atomic E-state index is 0.0399. The highest BCUT2D eigenvalue weighted by Gasteiger charge is 2.29. The molecule has 2 N–H and O–H groups in total. The zero-order valence-electron chi connectivity index (χ0n) is 9.86. The number of hydrogen-bond acceptors (Lipinski definition) is 3. The van der Waals surface area contributed by atoms with Crippen molar-refractivity contribution in [3.63, 3.8) is 0 Å². The fraction of sp³-hybridized carbons (Fsp3) is 0.462. The number of ketones is 1. The molecule has 18 heavy (non-hydrogen) atoms. The Kier molecular flexibility index (Phi) is 4.32. The fourth-order valence-electron chi connectivity index (χ4n) is 2.10. The Labute approximate surface area is 110 Å². The van der Waals surface area contributed by atoms with E-state index in [1.807, 2.05) is 0 Å². The van der Waals surface area contributed by atoms with Crippen molar-refractivity contribution in [1.82, 2.24) is 0 Å². The normalized spacial score (nSPS) is 23.3. The quantitative estimate of drug-likeness (QED) is 0.912. The lowest BCUT2D eigenvalue weighted by Gasteiger charge is -2.12. The summed E-state index contributed by atoms with van der Waals surface area (Å²) in [5.74, 6) is -0.465. The molecule has 1 fully saturated rings. The van der Waals surface area contributed by atoms with Crippen molar-refractivity contribution in [3.05, 3.63) is 34.6 Å². The maximum atomic E-state index is 13.1. The highest BCUT2D eigenvalue weighted by atomic mass is 35.5. The Bertz CT molecular complexity index is 453. The van der Waals surface area contributed by atoms with E-state index in [0.29, 0.717) is 23.6 Å². The first-order valence-corrected chi connectivity index (χ1v) is 6.30. The molecule has 2 unspecified atom stereocenters. The van der Waals surface area contributed by atoms with Gasteiger partial charge in [-0.05, 0) is 36.6 Å². The molecule has 0 bridgehead atoms. The number of hydrogen-bond donors (Lipinski definition) is 1. The predicted molar refractivity (Wildman–Crippen MR) is 67.1 cm³/mol. The van der Waals surface area contributed by atoms with Crippen molar-refractivity contribution in [3.8, 4) is 0 Å². The average molecular weight is 272 g/mol. The molecular weight excluding hydrogens is 257 g/mol. The van der Waals surface area contributed by atoms with Gasteiger partial charge >= 0.3 is 0 Å². The molecule has 1 heterocycles. The number of carbonyl (C=O) groups excluding carboxylic acids is 1. The third kappa shape index (κ3) is 3.07. The molecule has 1 aromatic carbocycles. The van der Waals surface area contributed by atoms with Gasteiger partial charge in [-0.3, -0.25) is 4.79 Å². The van der Waals surface area contributed by atoms with Crippen LogP contribution in [0.15, 0.2) is 18.2 Å². The Hall–Kier alpha value is -0.970. The van der Waals surface area contributed by atoms with Gasteiger partial charge in [0.05, 0.1) is 6.10 Å². The third-order valence-electron chi connectivity index (χ3n) is 3.10. The molecule has 1 saturated heterocycles. The summed E-state index contributed by atoms with van der Waals surface area (Å²) in [5, 5.41) is 0.401. The first kappa shape index (κ1) is 13.5. The Morgan fingerprint density at radius 1 is 1.50 bits per heavy atom. The number of benzene rings is 1. The van der Waals surface area contributed by atoms with E-state index in [1.54, 1.807) is 0 Å². The van der Waals surface area contributed by atoms with Crippen LogP contribution in [-0.2, 0) is 16.0 Å². The molecule has 0 spiro atoms. The van der Waals surface area contributed by atoms with Gasteiger partial charge < -0.3 is 10.5 Å². The van der Waals surface area contributed by atoms with Gasteiger partial charge in [-0.15, -0.1) is 0 Å². The van der Waals surface area contributed by atoms with Crippen LogP contribution in [-0.4, -0.2) is 24.5 Å². The number of ether oxygens (including phenoxy) is 1. The van der Waals surface area contributed by atoms with E-state index in [9.17, 15) is 9.18 Å². The smallest absolute Gasteiger partial charge is 0.165 e. The molecule has 1 aliphatic heterocycles. The molecule has 98 valence electrons. The molecule has 2 atom stereocenters. The molecule has 2 rings (SSSR count). The largest absolute Gasteiger partial charge is 0.366 e. The van der Waals surface area contributed by atoms with E-state index >= 15 is 0 Å². The predicted octanol–water partition coefficient (Wildman–Crippen LogP) is 2.10. The molecule has 0 aromatic heterocycles. The van der Waals surface area contributed by atoms with Crippen molar-refractivity contribution in [2.75, 3.05) is 6.54 Å². The van der Waals surface area contributed by atoms with Crippen LogP contribution in [0.5, 0.6) is 0 Å². The summed E-state index contributed by atoms with van der Waals surface area (Å²) in [5.41, 5.74) is 5.99. The van der Waals surface area contributed by atoms with Gasteiger partial charge in [-0.2, -0.15) is 0 Å². The zero-order valence-corrected chi connectivity index (χ0v) is 10.6. The maximum absolute atomic E-state index is 13.1. The van der Waals surface area contributed by atoms with E-state index in [2.05, 4.69) is 0 Å². The van der Waals surface area contributed by atoms with Gasteiger partial charge in [0.1, 0.15) is 11.9 Å². The zero-order chi connectivity index (χ0) is 13.1. The first-order valence-electron chi connectivity index (χ1n) is 5.92. The SMILES string of the molecule is NCC1CCC(C(=O)Cc2cc(F)ccc2Cl)O1. The molecule has 0 aliphatic carbocycles. The molecule has 0 radical (unpaired) electrons. The molecule has 0 amide bonds. The topological polar surface area (TPSA) is 52.3 Å². The minimum Gasteiger partial charge on any atom is -0.366 e. The standard InChI is InChI=1S/C13H15ClFNO2/c14-11-3-1-9(15)5-8(11)6-12(17)13-4-2-10(7-16)18-13/h1,3,5,10,13H,2,4,6-7,16H2. The van der Waals surface area contributed by atoms with Crippen LogP contribution in [0.3, 0.4) is 0 Å². The van der Waals surface area contributed by atoms with Gasteiger partial charge in [0.25, 0.3) is 0 Å². The van der Waals surface area contributed by atoms with Crippen LogP contribution in [0.1, 0.15) is 18.4 Å². The number of nitrogens with two attached hydrogens (primary N) is 1. The summed E-state index contributed by atoms with van der Waals surface area (Å²) in [4.78, 5) is 12.0. The number of halogens is 2. The molecule has 1 aliphatic rings. The van der Waals surface area contributed by atoms with E-state index in [-0.39, 0.29) is 18.3 Å². The van der Waals surface area contributed by atoms with E-state index in [1.165, 1.54) is 18.2 Å². The summed E-state index contributed by atoms with van der Waals surface area (Å²) in [6.07, 6.45) is 1.09. The van der Waals surface area contributed by atoms with Gasteiger partial charge in [-0.1, -0.05) is 11.6 Å². The number of carbonyl (C=O) groups is 1. The lowest BCUT2D eigenvalue weighted by atomic mass is 10.0. The van der Waals surface area contributed by atoms with Gasteiger partial charge in [0.2, 0.25) is 0 Å². The highest BCUT2D eigenvalue weighted by Crippen LogP contribution is 2.23. The van der Waals surface area contributed by atoms with E-state index in [0.717, 1.165) is 6.42 Å². The van der Waals surface area contributed by atoms with Gasteiger partial charge in [-0.25, -0.2) is 4.39 Å². The Morgan fingerprint density at radius 3 is 2.94 bits per heavy atom. The van der Waals surface area contributed by atoms with Crippen LogP contribution in [0.25, 0.3) is 0 Å². The fourth-order valence-corrected chi connectivity index (χ4v) is 2.28. The van der Waals surface area contributed by atoms with Crippen LogP contribution in [0.4, 0.5) is 4.39 Å². The van der Waals surface area contributed by atoms with Crippen molar-refractivity contribution >= 4 is 17.4 Å². The molecule has 3 nitrogen and oxygen atoms in total. The highest BCUT2D eigenvalue weighted by molar-refractivity contribution is 6.31. The first-order chi connectivity index (χ1) is 8.60. The van der Waals surface area contributed by atoms with Gasteiger partial charge in [0.15, 0.2) is 5.78 Å². The maximum Gasteiger partial charge on any atom is 0.165 e. The third-order valence-corrected chi connectivity index (χ3v) is 3.47. The van der Waals surface area contributed by atoms with E-state index < -0.39 is 11.9 Å². The van der Waals surface area contributed by atoms with Crippen LogP contribution in [0, 0.1) is 5.82 Å². The van der Waals surface area contributed by atoms with E-state index in [4.69, 9.17) is 22.1 Å². The van der Waals surface area contributed by atoms with Crippen LogP contribution < -0.4 is 5.73 Å². The number of Topliss-reactive ketones (excluding diaryl/α,β-unsaturated/α-hetero) is 1. The van der Waals surface area contributed by atoms with Crippen molar-refractivity contribution in [2.24, 2.45) is 5.73 Å². The van der Waals surface area contributed by atoms with Crippen LogP contribution in [0.2, 0.25) is 5.02 Å². The average Bonchev–Trinajstić information content (AvgIpc) is 2.82. The second-order valence-corrected chi connectivity index (χ2v) is 4.85. The minimum atomic E-state index is -0.433. The lowest BCUT2D eigenvalue weighted by molar-refractivity contribution is -0.128. The van der Waals surface area contributed by atoms with Crippen LogP contribution >= 0.6 is 11.6 Å². The van der Waals surface area contributed by atoms with Crippen molar-refractivity contribution in [1.29, 1.82) is 0 Å². The summed E-state index contributed by atoms with van der Waals surface area (Å²) in [6, 6.07) is 4.01. The summed E-state index contributed by atoms with van der Waals surface area (Å²) < 4.78 is 18.6. The molecular formula is C13H15ClFNO2. The van der Waals surface area contributed by atoms with Gasteiger partial charge in [0, 0.05) is 18.0 Å². The monoisotopic (exact) mass is 271 g/mol. The second-order valence-electron chi connectivity index (χ2n) is 4.44. The summed E-state index contributed by atoms with van der Waals surface area (Å²) in [7, 11) is 0. The lowest BCUT2D eigenvalue weighted by Crippen LogP contribution is -2.26. The molecule has 5 heteroatoms. The molecule has 0 saturated carbocycles. The Balaban J connectivity index is 2.01. The van der Waals surface area contributed by atoms with Crippen molar-refractivity contribution < 1.29 is 13.9 Å². The Morgan fingerprint density at radius 2 is 2.28 bits per heavy atom.